The summed E-state index contributed by atoms with van der Waals surface area (Å²) in [5, 5.41) is 2.97. The quantitative estimate of drug-likeness (QED) is 0.860. The molecule has 3 N–H and O–H groups in total. The van der Waals surface area contributed by atoms with Crippen LogP contribution in [-0.4, -0.2) is 37.7 Å². The van der Waals surface area contributed by atoms with Gasteiger partial charge < -0.3 is 20.7 Å². The van der Waals surface area contributed by atoms with Crippen LogP contribution in [0.1, 0.15) is 18.4 Å². The van der Waals surface area contributed by atoms with Crippen LogP contribution in [0, 0.1) is 5.82 Å². The molecule has 114 valence electrons. The third-order valence-electron chi connectivity index (χ3n) is 3.93. The van der Waals surface area contributed by atoms with Gasteiger partial charge >= 0.3 is 0 Å². The van der Waals surface area contributed by atoms with E-state index in [1.165, 1.54) is 6.07 Å². The minimum atomic E-state index is -0.499. The van der Waals surface area contributed by atoms with Gasteiger partial charge in [-0.3, -0.25) is 4.79 Å². The second-order valence-corrected chi connectivity index (χ2v) is 5.52. The number of nitrogens with one attached hydrogen (secondary N) is 1. The topological polar surface area (TPSA) is 67.6 Å². The molecule has 1 aromatic rings. The molecule has 0 aromatic heterocycles. The molecule has 1 aliphatic carbocycles. The van der Waals surface area contributed by atoms with Gasteiger partial charge in [0, 0.05) is 19.1 Å². The Hall–Kier alpha value is -1.66. The average molecular weight is 293 g/mol. The summed E-state index contributed by atoms with van der Waals surface area (Å²) in [6, 6.07) is 4.61. The highest BCUT2D eigenvalue weighted by Gasteiger charge is 2.35. The molecular weight excluding hydrogens is 273 g/mol. The molecule has 1 aromatic carbocycles. The van der Waals surface area contributed by atoms with Crippen LogP contribution in [0.3, 0.4) is 0 Å². The van der Waals surface area contributed by atoms with Crippen LogP contribution >= 0.6 is 0 Å². The lowest BCUT2D eigenvalue weighted by molar-refractivity contribution is -0.124. The number of morpholine rings is 1. The summed E-state index contributed by atoms with van der Waals surface area (Å²) in [4.78, 5) is 14.1. The number of amides is 1. The molecule has 0 spiro atoms. The van der Waals surface area contributed by atoms with Gasteiger partial charge in [0.1, 0.15) is 11.9 Å². The zero-order valence-corrected chi connectivity index (χ0v) is 11.8. The van der Waals surface area contributed by atoms with E-state index in [9.17, 15) is 9.18 Å². The Morgan fingerprint density at radius 2 is 2.29 bits per heavy atom. The molecule has 5 nitrogen and oxygen atoms in total. The van der Waals surface area contributed by atoms with E-state index in [0.717, 1.165) is 12.8 Å². The van der Waals surface area contributed by atoms with E-state index in [0.29, 0.717) is 24.4 Å². The Labute approximate surface area is 123 Å². The van der Waals surface area contributed by atoms with Crippen LogP contribution in [0.25, 0.3) is 0 Å². The van der Waals surface area contributed by atoms with Crippen molar-refractivity contribution >= 4 is 11.6 Å². The van der Waals surface area contributed by atoms with Gasteiger partial charge in [0.25, 0.3) is 0 Å². The molecule has 2 aliphatic rings. The molecule has 2 fully saturated rings. The molecule has 1 heterocycles. The molecule has 21 heavy (non-hydrogen) atoms. The first-order valence-electron chi connectivity index (χ1n) is 7.33. The first kappa shape index (κ1) is 14.3. The van der Waals surface area contributed by atoms with Gasteiger partial charge in [-0.1, -0.05) is 12.1 Å². The third kappa shape index (κ3) is 3.01. The number of hydrogen-bond acceptors (Lipinski definition) is 4. The van der Waals surface area contributed by atoms with Gasteiger partial charge in [-0.2, -0.15) is 0 Å². The number of carbonyl (C=O) groups excluding carboxylic acids is 1. The van der Waals surface area contributed by atoms with Crippen molar-refractivity contribution < 1.29 is 13.9 Å². The lowest BCUT2D eigenvalue weighted by atomic mass is 10.1. The lowest BCUT2D eigenvalue weighted by Gasteiger charge is -2.37. The Bertz CT molecular complexity index is 534. The molecule has 3 rings (SSSR count). The van der Waals surface area contributed by atoms with Crippen molar-refractivity contribution in [1.82, 2.24) is 5.32 Å². The van der Waals surface area contributed by atoms with Gasteiger partial charge in [-0.25, -0.2) is 4.39 Å². The number of nitrogens with two attached hydrogens (primary N) is 1. The minimum Gasteiger partial charge on any atom is -0.377 e. The van der Waals surface area contributed by atoms with Gasteiger partial charge in [0.15, 0.2) is 0 Å². The molecule has 1 unspecified atom stereocenters. The first-order valence-corrected chi connectivity index (χ1v) is 7.33. The monoisotopic (exact) mass is 293 g/mol. The Morgan fingerprint density at radius 3 is 3.00 bits per heavy atom. The number of ether oxygens (including phenoxy) is 1. The third-order valence-corrected chi connectivity index (χ3v) is 3.93. The molecule has 1 amide bonds. The number of para-hydroxylation sites is 1. The smallest absolute Gasteiger partial charge is 0.245 e. The van der Waals surface area contributed by atoms with Crippen LogP contribution in [0.2, 0.25) is 0 Å². The number of halogens is 1. The highest BCUT2D eigenvalue weighted by Crippen LogP contribution is 2.28. The maximum atomic E-state index is 14.3. The SMILES string of the molecule is NCc1cccc(F)c1N1CCOCC1C(=O)NC1CC1. The predicted molar refractivity (Wildman–Crippen MR) is 77.4 cm³/mol. The zero-order chi connectivity index (χ0) is 14.8. The van der Waals surface area contributed by atoms with Crippen LogP contribution in [0.5, 0.6) is 0 Å². The van der Waals surface area contributed by atoms with E-state index in [-0.39, 0.29) is 30.9 Å². The molecule has 1 saturated heterocycles. The normalized spacial score (nSPS) is 22.2. The first-order chi connectivity index (χ1) is 10.2. The summed E-state index contributed by atoms with van der Waals surface area (Å²) < 4.78 is 19.7. The van der Waals surface area contributed by atoms with Crippen LogP contribution < -0.4 is 16.0 Å². The largest absolute Gasteiger partial charge is 0.377 e. The van der Waals surface area contributed by atoms with Crippen molar-refractivity contribution in [2.45, 2.75) is 31.5 Å². The van der Waals surface area contributed by atoms with E-state index in [2.05, 4.69) is 5.32 Å². The average Bonchev–Trinajstić information content (AvgIpc) is 3.31. The molecule has 6 heteroatoms. The molecule has 1 atom stereocenters. The molecule has 1 saturated carbocycles. The van der Waals surface area contributed by atoms with Crippen LogP contribution in [0.15, 0.2) is 18.2 Å². The number of carbonyl (C=O) groups is 1. The maximum Gasteiger partial charge on any atom is 0.245 e. The summed E-state index contributed by atoms with van der Waals surface area (Å²) in [5.74, 6) is -0.438. The number of rotatable bonds is 4. The summed E-state index contributed by atoms with van der Waals surface area (Å²) >= 11 is 0. The Balaban J connectivity index is 1.88. The van der Waals surface area contributed by atoms with Crippen molar-refractivity contribution in [3.05, 3.63) is 29.6 Å². The van der Waals surface area contributed by atoms with Crippen molar-refractivity contribution in [3.8, 4) is 0 Å². The minimum absolute atomic E-state index is 0.0941. The summed E-state index contributed by atoms with van der Waals surface area (Å²) in [6.45, 7) is 1.47. The number of benzene rings is 1. The van der Waals surface area contributed by atoms with Crippen LogP contribution in [-0.2, 0) is 16.1 Å². The second-order valence-electron chi connectivity index (χ2n) is 5.52. The van der Waals surface area contributed by atoms with Gasteiger partial charge in [-0.15, -0.1) is 0 Å². The second kappa shape index (κ2) is 5.99. The molecular formula is C15H20FN3O2. The summed E-state index contributed by atoms with van der Waals surface area (Å²) in [7, 11) is 0. The fraction of sp³-hybridized carbons (Fsp3) is 0.533. The number of hydrogen-bond donors (Lipinski definition) is 2. The van der Waals surface area contributed by atoms with Gasteiger partial charge in [-0.05, 0) is 24.5 Å². The zero-order valence-electron chi connectivity index (χ0n) is 11.8. The summed E-state index contributed by atoms with van der Waals surface area (Å²) in [6.07, 6.45) is 2.04. The predicted octanol–water partition coefficient (Wildman–Crippen LogP) is 0.768. The van der Waals surface area contributed by atoms with E-state index >= 15 is 0 Å². The fourth-order valence-corrected chi connectivity index (χ4v) is 2.66. The van der Waals surface area contributed by atoms with Crippen molar-refractivity contribution in [3.63, 3.8) is 0 Å². The molecule has 0 radical (unpaired) electrons. The number of anilines is 1. The highest BCUT2D eigenvalue weighted by molar-refractivity contribution is 5.86. The van der Waals surface area contributed by atoms with Gasteiger partial charge in [0.05, 0.1) is 18.9 Å². The van der Waals surface area contributed by atoms with Crippen molar-refractivity contribution in [2.24, 2.45) is 5.73 Å². The maximum absolute atomic E-state index is 14.3. The van der Waals surface area contributed by atoms with E-state index in [1.807, 2.05) is 0 Å². The van der Waals surface area contributed by atoms with Crippen molar-refractivity contribution in [1.29, 1.82) is 0 Å². The van der Waals surface area contributed by atoms with Gasteiger partial charge in [0.2, 0.25) is 5.91 Å². The summed E-state index contributed by atoms with van der Waals surface area (Å²) in [5.41, 5.74) is 6.85. The number of nitrogens with zero attached hydrogens (tertiary/aromatic N) is 1. The molecule has 0 bridgehead atoms. The van der Waals surface area contributed by atoms with E-state index < -0.39 is 6.04 Å². The molecule has 1 aliphatic heterocycles. The van der Waals surface area contributed by atoms with E-state index in [1.54, 1.807) is 17.0 Å². The van der Waals surface area contributed by atoms with Crippen molar-refractivity contribution in [2.75, 3.05) is 24.7 Å². The lowest BCUT2D eigenvalue weighted by Crippen LogP contribution is -2.55. The fourth-order valence-electron chi connectivity index (χ4n) is 2.66. The Morgan fingerprint density at radius 1 is 1.48 bits per heavy atom. The standard InChI is InChI=1S/C15H20FN3O2/c16-12-3-1-2-10(8-17)14(12)19-6-7-21-9-13(19)15(20)18-11-4-5-11/h1-3,11,13H,4-9,17H2,(H,18,20). The highest BCUT2D eigenvalue weighted by atomic mass is 19.1. The van der Waals surface area contributed by atoms with Crippen LogP contribution in [0.4, 0.5) is 10.1 Å². The van der Waals surface area contributed by atoms with E-state index in [4.69, 9.17) is 10.5 Å². The Kier molecular flexibility index (Phi) is 4.07.